The molecular formula is C19H27N3O2S. The number of fused-ring (bicyclic) bond motifs is 1. The van der Waals surface area contributed by atoms with Crippen LogP contribution in [0.3, 0.4) is 0 Å². The third kappa shape index (κ3) is 3.73. The van der Waals surface area contributed by atoms with Gasteiger partial charge in [-0.1, -0.05) is 12.8 Å². The van der Waals surface area contributed by atoms with E-state index in [1.807, 2.05) is 16.2 Å². The van der Waals surface area contributed by atoms with Crippen LogP contribution < -0.4 is 5.32 Å². The molecule has 1 saturated heterocycles. The molecule has 0 radical (unpaired) electrons. The predicted octanol–water partition coefficient (Wildman–Crippen LogP) is 2.47. The van der Waals surface area contributed by atoms with Crippen LogP contribution in [0.25, 0.3) is 0 Å². The van der Waals surface area contributed by atoms with Gasteiger partial charge in [0, 0.05) is 36.9 Å². The van der Waals surface area contributed by atoms with Crippen molar-refractivity contribution in [3.8, 4) is 0 Å². The number of hydrogen-bond acceptors (Lipinski definition) is 4. The Labute approximate surface area is 153 Å². The molecule has 6 heteroatoms. The van der Waals surface area contributed by atoms with Crippen molar-refractivity contribution in [2.24, 2.45) is 5.92 Å². The lowest BCUT2D eigenvalue weighted by molar-refractivity contribution is -0.130. The van der Waals surface area contributed by atoms with Crippen LogP contribution in [0, 0.1) is 5.92 Å². The largest absolute Gasteiger partial charge is 0.355 e. The average Bonchev–Trinajstić information content (AvgIpc) is 3.33. The lowest BCUT2D eigenvalue weighted by Crippen LogP contribution is -2.37. The van der Waals surface area contributed by atoms with Crippen LogP contribution in [0.5, 0.6) is 0 Å². The minimum Gasteiger partial charge on any atom is -0.355 e. The van der Waals surface area contributed by atoms with E-state index in [1.165, 1.54) is 42.7 Å². The van der Waals surface area contributed by atoms with Gasteiger partial charge < -0.3 is 10.2 Å². The van der Waals surface area contributed by atoms with Gasteiger partial charge in [0.05, 0.1) is 16.6 Å². The van der Waals surface area contributed by atoms with Gasteiger partial charge in [-0.3, -0.25) is 9.59 Å². The highest BCUT2D eigenvalue weighted by Crippen LogP contribution is 2.30. The molecule has 25 heavy (non-hydrogen) atoms. The summed E-state index contributed by atoms with van der Waals surface area (Å²) in [6.45, 7) is 1.24. The molecule has 1 aliphatic heterocycles. The highest BCUT2D eigenvalue weighted by atomic mass is 32.1. The van der Waals surface area contributed by atoms with Crippen molar-refractivity contribution in [2.75, 3.05) is 13.1 Å². The van der Waals surface area contributed by atoms with Crippen molar-refractivity contribution in [3.05, 3.63) is 15.6 Å². The van der Waals surface area contributed by atoms with Crippen LogP contribution in [-0.2, 0) is 28.9 Å². The molecule has 5 nitrogen and oxygen atoms in total. The van der Waals surface area contributed by atoms with Gasteiger partial charge in [-0.2, -0.15) is 0 Å². The number of aryl methyl sites for hydroxylation is 2. The van der Waals surface area contributed by atoms with E-state index in [0.29, 0.717) is 25.6 Å². The summed E-state index contributed by atoms with van der Waals surface area (Å²) in [4.78, 5) is 32.8. The highest BCUT2D eigenvalue weighted by molar-refractivity contribution is 7.11. The lowest BCUT2D eigenvalue weighted by Gasteiger charge is -2.23. The van der Waals surface area contributed by atoms with Crippen molar-refractivity contribution < 1.29 is 9.59 Å². The van der Waals surface area contributed by atoms with Crippen molar-refractivity contribution in [3.63, 3.8) is 0 Å². The number of thiazole rings is 1. The Kier molecular flexibility index (Phi) is 5.06. The molecule has 3 aliphatic rings. The predicted molar refractivity (Wildman–Crippen MR) is 97.5 cm³/mol. The first-order valence-corrected chi connectivity index (χ1v) is 10.6. The molecular weight excluding hydrogens is 334 g/mol. The number of amides is 2. The van der Waals surface area contributed by atoms with Gasteiger partial charge in [0.15, 0.2) is 0 Å². The van der Waals surface area contributed by atoms with Gasteiger partial charge in [-0.15, -0.1) is 11.3 Å². The fourth-order valence-corrected chi connectivity index (χ4v) is 5.58. The summed E-state index contributed by atoms with van der Waals surface area (Å²) < 4.78 is 0. The maximum atomic E-state index is 12.4. The normalized spacial score (nSPS) is 23.9. The van der Waals surface area contributed by atoms with Crippen LogP contribution >= 0.6 is 11.3 Å². The zero-order valence-electron chi connectivity index (χ0n) is 14.8. The number of nitrogens with one attached hydrogen (secondary N) is 1. The molecule has 0 bridgehead atoms. The van der Waals surface area contributed by atoms with Crippen LogP contribution in [-0.4, -0.2) is 40.8 Å². The lowest BCUT2D eigenvalue weighted by atomic mass is 10.0. The standard InChI is InChI=1S/C19H27N3O2S/c23-18-11-13(12-22(18)14-5-1-2-6-14)19(24)20-10-9-17-21-15-7-3-4-8-16(15)25-17/h13-14H,1-12H2,(H,20,24)/t13-/m1/s1. The molecule has 2 fully saturated rings. The first-order valence-electron chi connectivity index (χ1n) is 9.75. The maximum Gasteiger partial charge on any atom is 0.225 e. The summed E-state index contributed by atoms with van der Waals surface area (Å²) in [5.74, 6) is 0.0346. The summed E-state index contributed by atoms with van der Waals surface area (Å²) in [6, 6.07) is 0.381. The van der Waals surface area contributed by atoms with Crippen LogP contribution in [0.15, 0.2) is 0 Å². The number of likely N-dealkylation sites (tertiary alicyclic amines) is 1. The molecule has 136 valence electrons. The number of hydrogen-bond donors (Lipinski definition) is 1. The quantitative estimate of drug-likeness (QED) is 0.876. The zero-order chi connectivity index (χ0) is 17.2. The molecule has 2 heterocycles. The number of carbonyl (C=O) groups excluding carboxylic acids is 2. The van der Waals surface area contributed by atoms with E-state index in [1.54, 1.807) is 0 Å². The van der Waals surface area contributed by atoms with E-state index in [4.69, 9.17) is 4.98 Å². The molecule has 0 spiro atoms. The van der Waals surface area contributed by atoms with Crippen molar-refractivity contribution in [2.45, 2.75) is 70.3 Å². The Morgan fingerprint density at radius 1 is 1.20 bits per heavy atom. The molecule has 2 aliphatic carbocycles. The van der Waals surface area contributed by atoms with E-state index in [9.17, 15) is 9.59 Å². The van der Waals surface area contributed by atoms with E-state index in [-0.39, 0.29) is 17.7 Å². The van der Waals surface area contributed by atoms with Gasteiger partial charge in [0.1, 0.15) is 0 Å². The van der Waals surface area contributed by atoms with Crippen LogP contribution in [0.2, 0.25) is 0 Å². The molecule has 1 N–H and O–H groups in total. The summed E-state index contributed by atoms with van der Waals surface area (Å²) >= 11 is 1.81. The topological polar surface area (TPSA) is 62.3 Å². The number of aromatic nitrogens is 1. The second kappa shape index (κ2) is 7.44. The van der Waals surface area contributed by atoms with E-state index >= 15 is 0 Å². The Balaban J connectivity index is 1.25. The summed E-state index contributed by atoms with van der Waals surface area (Å²) in [5, 5.41) is 4.17. The average molecular weight is 362 g/mol. The number of carbonyl (C=O) groups is 2. The van der Waals surface area contributed by atoms with Crippen molar-refractivity contribution >= 4 is 23.2 Å². The fourth-order valence-electron chi connectivity index (χ4n) is 4.43. The Morgan fingerprint density at radius 2 is 2.00 bits per heavy atom. The molecule has 1 atom stereocenters. The Morgan fingerprint density at radius 3 is 2.80 bits per heavy atom. The SMILES string of the molecule is O=C(NCCc1nc2c(s1)CCCC2)[C@@H]1CC(=O)N(C2CCCC2)C1. The number of nitrogens with zero attached hydrogens (tertiary/aromatic N) is 2. The zero-order valence-corrected chi connectivity index (χ0v) is 15.6. The van der Waals surface area contributed by atoms with Crippen molar-refractivity contribution in [1.29, 1.82) is 0 Å². The number of rotatable bonds is 5. The first-order chi connectivity index (χ1) is 12.2. The Bertz CT molecular complexity index is 628. The van der Waals surface area contributed by atoms with Gasteiger partial charge in [0.2, 0.25) is 11.8 Å². The van der Waals surface area contributed by atoms with E-state index < -0.39 is 0 Å². The molecule has 2 amide bonds. The van der Waals surface area contributed by atoms with Gasteiger partial charge in [-0.05, 0) is 38.5 Å². The molecule has 1 saturated carbocycles. The van der Waals surface area contributed by atoms with Gasteiger partial charge in [0.25, 0.3) is 0 Å². The molecule has 0 unspecified atom stereocenters. The second-order valence-electron chi connectivity index (χ2n) is 7.61. The minimum atomic E-state index is -0.169. The highest BCUT2D eigenvalue weighted by Gasteiger charge is 2.38. The molecule has 1 aromatic heterocycles. The smallest absolute Gasteiger partial charge is 0.225 e. The van der Waals surface area contributed by atoms with Gasteiger partial charge in [-0.25, -0.2) is 4.98 Å². The third-order valence-electron chi connectivity index (χ3n) is 5.82. The van der Waals surface area contributed by atoms with Crippen molar-refractivity contribution in [1.82, 2.24) is 15.2 Å². The van der Waals surface area contributed by atoms with E-state index in [2.05, 4.69) is 5.32 Å². The summed E-state index contributed by atoms with van der Waals surface area (Å²) in [6.07, 6.45) is 10.6. The third-order valence-corrected chi connectivity index (χ3v) is 7.04. The Hall–Kier alpha value is -1.43. The molecule has 1 aromatic rings. The minimum absolute atomic E-state index is 0.0372. The molecule has 4 rings (SSSR count). The fraction of sp³-hybridized carbons (Fsp3) is 0.737. The van der Waals surface area contributed by atoms with Crippen LogP contribution in [0.1, 0.15) is 60.5 Å². The second-order valence-corrected chi connectivity index (χ2v) is 8.78. The van der Waals surface area contributed by atoms with Gasteiger partial charge >= 0.3 is 0 Å². The monoisotopic (exact) mass is 361 g/mol. The first kappa shape index (κ1) is 17.0. The van der Waals surface area contributed by atoms with Crippen LogP contribution in [0.4, 0.5) is 0 Å². The molecule has 0 aromatic carbocycles. The summed E-state index contributed by atoms with van der Waals surface area (Å²) in [7, 11) is 0. The van der Waals surface area contributed by atoms with E-state index in [0.717, 1.165) is 30.7 Å². The summed E-state index contributed by atoms with van der Waals surface area (Å²) in [5.41, 5.74) is 1.28. The maximum absolute atomic E-state index is 12.4.